The van der Waals surface area contributed by atoms with Gasteiger partial charge in [0.05, 0.1) is 30.6 Å². The molecule has 1 aliphatic rings. The van der Waals surface area contributed by atoms with Crippen molar-refractivity contribution in [3.05, 3.63) is 92.5 Å². The van der Waals surface area contributed by atoms with Crippen molar-refractivity contribution < 1.29 is 19.3 Å². The van der Waals surface area contributed by atoms with Gasteiger partial charge in [0.1, 0.15) is 5.57 Å². The van der Waals surface area contributed by atoms with Crippen molar-refractivity contribution in [2.24, 2.45) is 0 Å². The van der Waals surface area contributed by atoms with E-state index in [1.165, 1.54) is 29.5 Å². The molecule has 4 aromatic rings. The van der Waals surface area contributed by atoms with Gasteiger partial charge in [-0.3, -0.25) is 35.1 Å². The van der Waals surface area contributed by atoms with E-state index in [0.717, 1.165) is 16.5 Å². The van der Waals surface area contributed by atoms with E-state index < -0.39 is 16.7 Å². The molecule has 2 heterocycles. The van der Waals surface area contributed by atoms with E-state index in [1.807, 2.05) is 0 Å². The summed E-state index contributed by atoms with van der Waals surface area (Å²) in [5.74, 6) is -1.74. The Morgan fingerprint density at radius 1 is 1.10 bits per heavy atom. The highest BCUT2D eigenvalue weighted by Gasteiger charge is 2.26. The van der Waals surface area contributed by atoms with Gasteiger partial charge in [-0.1, -0.05) is 41.6 Å². The van der Waals surface area contributed by atoms with Crippen molar-refractivity contribution in [2.75, 3.05) is 5.32 Å². The second kappa shape index (κ2) is 10.9. The molecule has 1 aliphatic heterocycles. The fraction of sp³-hybridized carbons (Fsp3) is 0. The Morgan fingerprint density at radius 2 is 1.85 bits per heavy atom. The SMILES string of the molecule is O=C1NC(=S)NC(=O)C1=Cc1ccc(Sc2nc3ccc(NC(=O)c4ccccc4Cl)cc3s2)c([N+](=O)[O-])c1. The molecule has 10 nitrogen and oxygen atoms in total. The van der Waals surface area contributed by atoms with Gasteiger partial charge in [0.2, 0.25) is 0 Å². The number of aromatic nitrogens is 1. The first-order chi connectivity index (χ1) is 18.7. The summed E-state index contributed by atoms with van der Waals surface area (Å²) in [6.07, 6.45) is 1.25. The lowest BCUT2D eigenvalue weighted by atomic mass is 10.1. The van der Waals surface area contributed by atoms with Gasteiger partial charge in [-0.25, -0.2) is 4.98 Å². The van der Waals surface area contributed by atoms with Crippen LogP contribution in [0.3, 0.4) is 0 Å². The summed E-state index contributed by atoms with van der Waals surface area (Å²) in [6, 6.07) is 16.3. The molecule has 39 heavy (non-hydrogen) atoms. The van der Waals surface area contributed by atoms with E-state index in [2.05, 4.69) is 20.9 Å². The Labute approximate surface area is 238 Å². The summed E-state index contributed by atoms with van der Waals surface area (Å²) in [5, 5.41) is 19.5. The van der Waals surface area contributed by atoms with Crippen LogP contribution >= 0.6 is 46.9 Å². The summed E-state index contributed by atoms with van der Waals surface area (Å²) in [5.41, 5.74) is 1.42. The molecule has 1 aromatic heterocycles. The molecular weight excluding hydrogens is 582 g/mol. The Morgan fingerprint density at radius 3 is 2.56 bits per heavy atom. The summed E-state index contributed by atoms with van der Waals surface area (Å²) in [6.45, 7) is 0. The lowest BCUT2D eigenvalue weighted by Crippen LogP contribution is -2.51. The quantitative estimate of drug-likeness (QED) is 0.0910. The Bertz CT molecular complexity index is 1730. The summed E-state index contributed by atoms with van der Waals surface area (Å²) < 4.78 is 1.32. The van der Waals surface area contributed by atoms with Crippen LogP contribution < -0.4 is 16.0 Å². The van der Waals surface area contributed by atoms with E-state index in [0.29, 0.717) is 36.6 Å². The van der Waals surface area contributed by atoms with Crippen molar-refractivity contribution in [3.63, 3.8) is 0 Å². The number of hydrogen-bond donors (Lipinski definition) is 3. The predicted molar refractivity (Wildman–Crippen MR) is 153 cm³/mol. The maximum absolute atomic E-state index is 12.6. The smallest absolute Gasteiger partial charge is 0.283 e. The summed E-state index contributed by atoms with van der Waals surface area (Å²) in [7, 11) is 0. The number of thiocarbonyl (C=S) groups is 1. The maximum Gasteiger partial charge on any atom is 0.283 e. The molecule has 0 atom stereocenters. The van der Waals surface area contributed by atoms with E-state index in [9.17, 15) is 24.5 Å². The molecule has 5 rings (SSSR count). The minimum absolute atomic E-state index is 0.106. The van der Waals surface area contributed by atoms with Gasteiger partial charge < -0.3 is 5.32 Å². The Kier molecular flexibility index (Phi) is 7.39. The molecule has 0 bridgehead atoms. The molecule has 3 amide bonds. The molecule has 194 valence electrons. The number of amides is 3. The van der Waals surface area contributed by atoms with E-state index >= 15 is 0 Å². The lowest BCUT2D eigenvalue weighted by Gasteiger charge is -2.16. The number of benzene rings is 3. The molecule has 0 unspecified atom stereocenters. The van der Waals surface area contributed by atoms with Crippen LogP contribution in [0.15, 0.2) is 75.5 Å². The van der Waals surface area contributed by atoms with Crippen LogP contribution in [0.1, 0.15) is 15.9 Å². The maximum atomic E-state index is 12.6. The van der Waals surface area contributed by atoms with Crippen LogP contribution in [0, 0.1) is 10.1 Å². The second-order valence-electron chi connectivity index (χ2n) is 7.98. The van der Waals surface area contributed by atoms with Crippen LogP contribution in [-0.2, 0) is 9.59 Å². The molecule has 1 fully saturated rings. The van der Waals surface area contributed by atoms with Gasteiger partial charge in [0, 0.05) is 11.8 Å². The van der Waals surface area contributed by atoms with E-state index in [-0.39, 0.29) is 22.3 Å². The van der Waals surface area contributed by atoms with Gasteiger partial charge in [-0.05, 0) is 60.3 Å². The molecule has 1 saturated heterocycles. The minimum Gasteiger partial charge on any atom is -0.322 e. The first kappa shape index (κ1) is 26.4. The third kappa shape index (κ3) is 5.81. The number of carbonyl (C=O) groups is 3. The van der Waals surface area contributed by atoms with Crippen molar-refractivity contribution in [1.29, 1.82) is 0 Å². The van der Waals surface area contributed by atoms with Gasteiger partial charge >= 0.3 is 0 Å². The molecule has 3 N–H and O–H groups in total. The number of nitrogens with one attached hydrogen (secondary N) is 3. The third-order valence-corrected chi connectivity index (χ3v) is 8.05. The number of halogens is 1. The number of anilines is 1. The summed E-state index contributed by atoms with van der Waals surface area (Å²) >= 11 is 13.3. The zero-order valence-corrected chi connectivity index (χ0v) is 22.6. The van der Waals surface area contributed by atoms with Gasteiger partial charge in [-0.2, -0.15) is 0 Å². The number of nitro benzene ring substituents is 1. The number of thiazole rings is 1. The Balaban J connectivity index is 1.38. The topological polar surface area (TPSA) is 143 Å². The highest BCUT2D eigenvalue weighted by atomic mass is 35.5. The van der Waals surface area contributed by atoms with Crippen LogP contribution in [0.25, 0.3) is 16.3 Å². The van der Waals surface area contributed by atoms with Crippen LogP contribution in [0.5, 0.6) is 0 Å². The van der Waals surface area contributed by atoms with E-state index in [4.69, 9.17) is 23.8 Å². The molecular formula is C25H14ClN5O5S3. The van der Waals surface area contributed by atoms with Gasteiger partial charge in [-0.15, -0.1) is 11.3 Å². The zero-order chi connectivity index (χ0) is 27.7. The fourth-order valence-corrected chi connectivity index (χ4v) is 6.14. The first-order valence-electron chi connectivity index (χ1n) is 11.0. The van der Waals surface area contributed by atoms with Crippen molar-refractivity contribution >= 4 is 97.4 Å². The number of nitrogens with zero attached hydrogens (tertiary/aromatic N) is 2. The molecule has 0 radical (unpaired) electrons. The van der Waals surface area contributed by atoms with Gasteiger partial charge in [0.25, 0.3) is 23.4 Å². The standard InChI is InChI=1S/C25H14ClN5O5S3/c26-16-4-2-1-3-14(16)21(32)27-13-6-7-17-20(11-13)39-25(28-17)38-19-8-5-12(10-18(19)31(35)36)9-15-22(33)29-24(37)30-23(15)34/h1-11H,(H,27,32)(H2,29,30,33,34,37). The normalized spacial score (nSPS) is 13.2. The monoisotopic (exact) mass is 595 g/mol. The Hall–Kier alpha value is -4.17. The number of rotatable bonds is 6. The second-order valence-corrected chi connectivity index (χ2v) is 11.1. The molecule has 0 aliphatic carbocycles. The first-order valence-corrected chi connectivity index (χ1v) is 13.4. The zero-order valence-electron chi connectivity index (χ0n) is 19.4. The third-order valence-electron chi connectivity index (χ3n) is 5.38. The van der Waals surface area contributed by atoms with Crippen molar-refractivity contribution in [3.8, 4) is 0 Å². The largest absolute Gasteiger partial charge is 0.322 e. The molecule has 0 saturated carbocycles. The van der Waals surface area contributed by atoms with Gasteiger partial charge in [0.15, 0.2) is 9.45 Å². The minimum atomic E-state index is -0.693. The summed E-state index contributed by atoms with van der Waals surface area (Å²) in [4.78, 5) is 52.9. The lowest BCUT2D eigenvalue weighted by molar-refractivity contribution is -0.387. The number of fused-ring (bicyclic) bond motifs is 1. The number of nitro groups is 1. The fourth-order valence-electron chi connectivity index (χ4n) is 3.59. The number of hydrogen-bond acceptors (Lipinski definition) is 9. The predicted octanol–water partition coefficient (Wildman–Crippen LogP) is 5.18. The van der Waals surface area contributed by atoms with Crippen molar-refractivity contribution in [2.45, 2.75) is 9.24 Å². The average Bonchev–Trinajstić information content (AvgIpc) is 3.28. The average molecular weight is 596 g/mol. The van der Waals surface area contributed by atoms with Crippen LogP contribution in [-0.4, -0.2) is 32.7 Å². The van der Waals surface area contributed by atoms with Crippen LogP contribution in [0.4, 0.5) is 11.4 Å². The van der Waals surface area contributed by atoms with Crippen LogP contribution in [0.2, 0.25) is 5.02 Å². The highest BCUT2D eigenvalue weighted by molar-refractivity contribution is 8.01. The molecule has 14 heteroatoms. The van der Waals surface area contributed by atoms with Crippen molar-refractivity contribution in [1.82, 2.24) is 15.6 Å². The molecule has 0 spiro atoms. The van der Waals surface area contributed by atoms with E-state index in [1.54, 1.807) is 48.5 Å². The number of carbonyl (C=O) groups excluding carboxylic acids is 3. The highest BCUT2D eigenvalue weighted by Crippen LogP contribution is 2.40. The molecule has 3 aromatic carbocycles.